The molecule has 0 unspecified atom stereocenters. The van der Waals surface area contributed by atoms with E-state index in [4.69, 9.17) is 23.8 Å². The van der Waals surface area contributed by atoms with Crippen LogP contribution in [0, 0.1) is 0 Å². The number of furan rings is 2. The van der Waals surface area contributed by atoms with Gasteiger partial charge in [-0.2, -0.15) is 0 Å². The van der Waals surface area contributed by atoms with Crippen LogP contribution in [0.3, 0.4) is 0 Å². The number of fused-ring (bicyclic) bond motifs is 8. The first-order valence-electron chi connectivity index (χ1n) is 21.5. The molecule has 13 rings (SSSR count). The highest BCUT2D eigenvalue weighted by Gasteiger charge is 2.21. The van der Waals surface area contributed by atoms with Gasteiger partial charge in [0.25, 0.3) is 0 Å². The van der Waals surface area contributed by atoms with Crippen LogP contribution in [-0.4, -0.2) is 15.0 Å². The Morgan fingerprint density at radius 1 is 0.250 bits per heavy atom. The second-order valence-corrected chi connectivity index (χ2v) is 16.3. The molecule has 0 bridgehead atoms. The molecule has 0 amide bonds. The van der Waals surface area contributed by atoms with Gasteiger partial charge in [0.1, 0.15) is 22.3 Å². The van der Waals surface area contributed by atoms with Crippen molar-refractivity contribution in [2.45, 2.75) is 0 Å². The van der Waals surface area contributed by atoms with Crippen molar-refractivity contribution in [2.24, 2.45) is 0 Å². The third-order valence-electron chi connectivity index (χ3n) is 12.5. The normalized spacial score (nSPS) is 11.8. The summed E-state index contributed by atoms with van der Waals surface area (Å²) in [6.45, 7) is 0. The van der Waals surface area contributed by atoms with Gasteiger partial charge in [-0.1, -0.05) is 164 Å². The van der Waals surface area contributed by atoms with Crippen molar-refractivity contribution in [2.75, 3.05) is 0 Å². The van der Waals surface area contributed by atoms with Crippen LogP contribution in [0.2, 0.25) is 0 Å². The number of rotatable bonds is 6. The summed E-state index contributed by atoms with van der Waals surface area (Å²) in [6, 6.07) is 74.0. The van der Waals surface area contributed by atoms with Crippen molar-refractivity contribution in [1.82, 2.24) is 15.0 Å². The Labute approximate surface area is 367 Å². The molecule has 0 fully saturated rings. The molecular weight excluding hydrogens is 783 g/mol. The van der Waals surface area contributed by atoms with Crippen LogP contribution in [0.4, 0.5) is 0 Å². The van der Waals surface area contributed by atoms with Gasteiger partial charge in [-0.3, -0.25) is 0 Å². The van der Waals surface area contributed by atoms with E-state index in [2.05, 4.69) is 170 Å². The summed E-state index contributed by atoms with van der Waals surface area (Å²) < 4.78 is 12.8. The number of benzene rings is 10. The van der Waals surface area contributed by atoms with Crippen LogP contribution in [-0.2, 0) is 0 Å². The van der Waals surface area contributed by atoms with E-state index in [1.165, 1.54) is 16.7 Å². The maximum Gasteiger partial charge on any atom is 0.164 e. The van der Waals surface area contributed by atoms with Gasteiger partial charge in [0.05, 0.1) is 0 Å². The first-order chi connectivity index (χ1) is 31.7. The molecule has 0 atom stereocenters. The van der Waals surface area contributed by atoms with Crippen LogP contribution >= 0.6 is 0 Å². The first-order valence-corrected chi connectivity index (χ1v) is 21.5. The lowest BCUT2D eigenvalue weighted by Gasteiger charge is -2.14. The van der Waals surface area contributed by atoms with Crippen molar-refractivity contribution in [3.05, 3.63) is 212 Å². The fraction of sp³-hybridized carbons (Fsp3) is 0. The Morgan fingerprint density at radius 3 is 1.45 bits per heavy atom. The zero-order chi connectivity index (χ0) is 42.1. The minimum Gasteiger partial charge on any atom is -0.456 e. The maximum atomic E-state index is 6.49. The van der Waals surface area contributed by atoms with E-state index in [9.17, 15) is 0 Å². The van der Waals surface area contributed by atoms with E-state index in [-0.39, 0.29) is 0 Å². The lowest BCUT2D eigenvalue weighted by molar-refractivity contribution is 0.668. The van der Waals surface area contributed by atoms with Crippen molar-refractivity contribution in [1.29, 1.82) is 0 Å². The predicted octanol–water partition coefficient (Wildman–Crippen LogP) is 16.0. The summed E-state index contributed by atoms with van der Waals surface area (Å²) in [4.78, 5) is 15.9. The number of para-hydroxylation sites is 1. The molecule has 0 N–H and O–H groups in total. The molecule has 5 nitrogen and oxygen atoms in total. The SMILES string of the molecule is c1ccc(-c2ccc3cc(-c4nc(-c5ccc(-c6cccc7oc8ccc(-c9ccccc9)cc8c67)c6ccccc56)nc(-c5cccc6oc7ccccc7c56)n4)ccc3c2)cc1. The van der Waals surface area contributed by atoms with Gasteiger partial charge >= 0.3 is 0 Å². The lowest BCUT2D eigenvalue weighted by Crippen LogP contribution is -2.01. The topological polar surface area (TPSA) is 65.0 Å². The maximum absolute atomic E-state index is 6.49. The second kappa shape index (κ2) is 14.5. The Hall–Kier alpha value is -8.67. The molecule has 0 saturated carbocycles. The fourth-order valence-electron chi connectivity index (χ4n) is 9.49. The molecule has 10 aromatic carbocycles. The highest BCUT2D eigenvalue weighted by atomic mass is 16.3. The molecule has 298 valence electrons. The second-order valence-electron chi connectivity index (χ2n) is 16.3. The van der Waals surface area contributed by atoms with Gasteiger partial charge < -0.3 is 8.83 Å². The molecule has 0 saturated heterocycles. The molecule has 3 heterocycles. The van der Waals surface area contributed by atoms with Crippen LogP contribution in [0.5, 0.6) is 0 Å². The largest absolute Gasteiger partial charge is 0.456 e. The summed E-state index contributed by atoms with van der Waals surface area (Å²) in [5, 5.41) is 8.55. The highest BCUT2D eigenvalue weighted by Crippen LogP contribution is 2.43. The van der Waals surface area contributed by atoms with Gasteiger partial charge in [0.2, 0.25) is 0 Å². The Morgan fingerprint density at radius 2 is 0.734 bits per heavy atom. The van der Waals surface area contributed by atoms with Gasteiger partial charge in [-0.25, -0.2) is 15.0 Å². The quantitative estimate of drug-likeness (QED) is 0.167. The molecule has 3 aromatic heterocycles. The molecule has 0 aliphatic carbocycles. The van der Waals surface area contributed by atoms with Gasteiger partial charge in [0.15, 0.2) is 17.5 Å². The average molecular weight is 818 g/mol. The zero-order valence-corrected chi connectivity index (χ0v) is 34.4. The number of nitrogens with zero attached hydrogens (tertiary/aromatic N) is 3. The van der Waals surface area contributed by atoms with E-state index in [0.29, 0.717) is 17.5 Å². The fourth-order valence-corrected chi connectivity index (χ4v) is 9.49. The van der Waals surface area contributed by atoms with Crippen molar-refractivity contribution in [3.63, 3.8) is 0 Å². The third-order valence-corrected chi connectivity index (χ3v) is 12.5. The van der Waals surface area contributed by atoms with E-state index in [1.807, 2.05) is 42.5 Å². The third kappa shape index (κ3) is 5.90. The number of aromatic nitrogens is 3. The molecule has 0 spiro atoms. The lowest BCUT2D eigenvalue weighted by atomic mass is 9.92. The molecule has 0 aliphatic rings. The highest BCUT2D eigenvalue weighted by molar-refractivity contribution is 6.17. The molecule has 0 radical (unpaired) electrons. The molecule has 64 heavy (non-hydrogen) atoms. The van der Waals surface area contributed by atoms with E-state index >= 15 is 0 Å². The smallest absolute Gasteiger partial charge is 0.164 e. The molecular formula is C59H35N3O2. The minimum atomic E-state index is 0.577. The Bertz CT molecular complexity index is 3960. The van der Waals surface area contributed by atoms with Crippen molar-refractivity contribution < 1.29 is 8.83 Å². The Balaban J connectivity index is 1.01. The summed E-state index contributed by atoms with van der Waals surface area (Å²) >= 11 is 0. The summed E-state index contributed by atoms with van der Waals surface area (Å²) in [5.74, 6) is 1.76. The number of hydrogen-bond acceptors (Lipinski definition) is 5. The summed E-state index contributed by atoms with van der Waals surface area (Å²) in [5.41, 5.74) is 12.9. The van der Waals surface area contributed by atoms with Crippen LogP contribution in [0.1, 0.15) is 0 Å². The average Bonchev–Trinajstić information content (AvgIpc) is 3.95. The molecule has 5 heteroatoms. The monoisotopic (exact) mass is 817 g/mol. The van der Waals surface area contributed by atoms with Gasteiger partial charge in [-0.15, -0.1) is 0 Å². The standard InChI is InChI=1S/C59H35N3O2/c1-3-13-36(14-4-1)38-25-26-40-34-42(28-27-39(40)33-38)57-60-58(62-59(61-57)49-21-12-24-54-56(49)48-19-9-10-22-51(48)63-54)47-31-30-45(43-17-7-8-18-44(43)47)46-20-11-23-53-55(46)50-35-41(29-32-52(50)64-53)37-15-5-2-6-16-37/h1-35H. The van der Waals surface area contributed by atoms with Gasteiger partial charge in [-0.05, 0) is 103 Å². The van der Waals surface area contributed by atoms with Gasteiger partial charge in [0, 0.05) is 38.2 Å². The van der Waals surface area contributed by atoms with Crippen LogP contribution < -0.4 is 0 Å². The Kier molecular flexibility index (Phi) is 8.15. The van der Waals surface area contributed by atoms with Crippen molar-refractivity contribution >= 4 is 65.4 Å². The van der Waals surface area contributed by atoms with Crippen LogP contribution in [0.15, 0.2) is 221 Å². The van der Waals surface area contributed by atoms with E-state index in [1.54, 1.807) is 0 Å². The number of hydrogen-bond donors (Lipinski definition) is 0. The molecule has 13 aromatic rings. The van der Waals surface area contributed by atoms with E-state index < -0.39 is 0 Å². The first kappa shape index (κ1) is 36.0. The minimum absolute atomic E-state index is 0.577. The van der Waals surface area contributed by atoms with Crippen LogP contribution in [0.25, 0.3) is 133 Å². The van der Waals surface area contributed by atoms with E-state index in [0.717, 1.165) is 98.8 Å². The van der Waals surface area contributed by atoms with Crippen molar-refractivity contribution in [3.8, 4) is 67.5 Å². The predicted molar refractivity (Wildman–Crippen MR) is 262 cm³/mol. The zero-order valence-electron chi connectivity index (χ0n) is 34.4. The molecule has 0 aliphatic heterocycles. The summed E-state index contributed by atoms with van der Waals surface area (Å²) in [6.07, 6.45) is 0. The summed E-state index contributed by atoms with van der Waals surface area (Å²) in [7, 11) is 0.